The van der Waals surface area contributed by atoms with Crippen molar-refractivity contribution in [3.8, 4) is 0 Å². The number of imidazole rings is 1. The van der Waals surface area contributed by atoms with Crippen molar-refractivity contribution < 1.29 is 4.74 Å². The Morgan fingerprint density at radius 3 is 3.08 bits per heavy atom. The Bertz CT molecular complexity index is 294. The predicted octanol–water partition coefficient (Wildman–Crippen LogP) is 1.82. The van der Waals surface area contributed by atoms with Crippen LogP contribution < -0.4 is 0 Å². The SMILES string of the molecule is COCc1ncc(/C=C/CCl)n1C. The van der Waals surface area contributed by atoms with Crippen LogP contribution in [0.1, 0.15) is 11.5 Å². The lowest BCUT2D eigenvalue weighted by molar-refractivity contribution is 0.175. The first-order valence-electron chi connectivity index (χ1n) is 4.01. The van der Waals surface area contributed by atoms with Gasteiger partial charge in [0.2, 0.25) is 0 Å². The maximum Gasteiger partial charge on any atom is 0.134 e. The van der Waals surface area contributed by atoms with Gasteiger partial charge in [0.15, 0.2) is 0 Å². The third-order valence-corrected chi connectivity index (χ3v) is 1.95. The van der Waals surface area contributed by atoms with E-state index in [0.29, 0.717) is 12.5 Å². The molecule has 0 saturated carbocycles. The zero-order valence-electron chi connectivity index (χ0n) is 7.83. The molecular formula is C9H13ClN2O. The normalized spacial score (nSPS) is 11.3. The summed E-state index contributed by atoms with van der Waals surface area (Å²) in [6, 6.07) is 0. The number of hydrogen-bond donors (Lipinski definition) is 0. The van der Waals surface area contributed by atoms with Gasteiger partial charge in [-0.05, 0) is 6.08 Å². The van der Waals surface area contributed by atoms with Gasteiger partial charge < -0.3 is 9.30 Å². The van der Waals surface area contributed by atoms with Gasteiger partial charge in [0.05, 0.1) is 11.9 Å². The van der Waals surface area contributed by atoms with E-state index < -0.39 is 0 Å². The third-order valence-electron chi connectivity index (χ3n) is 1.77. The zero-order chi connectivity index (χ0) is 9.68. The van der Waals surface area contributed by atoms with E-state index in [-0.39, 0.29) is 0 Å². The van der Waals surface area contributed by atoms with E-state index in [2.05, 4.69) is 4.98 Å². The fraction of sp³-hybridized carbons (Fsp3) is 0.444. The molecule has 0 bridgehead atoms. The van der Waals surface area contributed by atoms with Crippen molar-refractivity contribution in [2.24, 2.45) is 7.05 Å². The zero-order valence-corrected chi connectivity index (χ0v) is 8.58. The molecule has 1 heterocycles. The van der Waals surface area contributed by atoms with Gasteiger partial charge in [0.25, 0.3) is 0 Å². The number of nitrogens with zero attached hydrogens (tertiary/aromatic N) is 2. The number of hydrogen-bond acceptors (Lipinski definition) is 2. The Hall–Kier alpha value is -0.800. The van der Waals surface area contributed by atoms with Crippen LogP contribution in [0.2, 0.25) is 0 Å². The lowest BCUT2D eigenvalue weighted by atomic mass is 10.4. The van der Waals surface area contributed by atoms with E-state index in [0.717, 1.165) is 11.5 Å². The predicted molar refractivity (Wildman–Crippen MR) is 53.7 cm³/mol. The summed E-state index contributed by atoms with van der Waals surface area (Å²) < 4.78 is 6.97. The Morgan fingerprint density at radius 2 is 2.46 bits per heavy atom. The smallest absolute Gasteiger partial charge is 0.134 e. The first kappa shape index (κ1) is 10.3. The highest BCUT2D eigenvalue weighted by Gasteiger charge is 2.02. The first-order chi connectivity index (χ1) is 6.29. The minimum atomic E-state index is 0.519. The fourth-order valence-electron chi connectivity index (χ4n) is 1.05. The molecule has 0 fully saturated rings. The standard InChI is InChI=1S/C9H13ClN2O/c1-12-8(4-3-5-10)6-11-9(12)7-13-2/h3-4,6H,5,7H2,1-2H3/b4-3+. The van der Waals surface area contributed by atoms with Crippen LogP contribution in [-0.4, -0.2) is 22.5 Å². The Morgan fingerprint density at radius 1 is 1.69 bits per heavy atom. The lowest BCUT2D eigenvalue weighted by Gasteiger charge is -2.01. The monoisotopic (exact) mass is 200 g/mol. The van der Waals surface area contributed by atoms with Crippen molar-refractivity contribution in [2.45, 2.75) is 6.61 Å². The second-order valence-corrected chi connectivity index (χ2v) is 2.96. The highest BCUT2D eigenvalue weighted by molar-refractivity contribution is 6.19. The van der Waals surface area contributed by atoms with Gasteiger partial charge in [0.1, 0.15) is 12.4 Å². The minimum absolute atomic E-state index is 0.519. The molecule has 0 aliphatic carbocycles. The molecule has 0 unspecified atom stereocenters. The van der Waals surface area contributed by atoms with Gasteiger partial charge in [-0.25, -0.2) is 4.98 Å². The molecular weight excluding hydrogens is 188 g/mol. The number of rotatable bonds is 4. The number of halogens is 1. The van der Waals surface area contributed by atoms with Gasteiger partial charge in [0, 0.05) is 20.0 Å². The number of alkyl halides is 1. The minimum Gasteiger partial charge on any atom is -0.377 e. The molecule has 0 atom stereocenters. The van der Waals surface area contributed by atoms with E-state index in [9.17, 15) is 0 Å². The summed E-state index contributed by atoms with van der Waals surface area (Å²) in [6.07, 6.45) is 5.63. The largest absolute Gasteiger partial charge is 0.377 e. The molecule has 0 N–H and O–H groups in total. The van der Waals surface area contributed by atoms with Crippen molar-refractivity contribution in [2.75, 3.05) is 13.0 Å². The number of methoxy groups -OCH3 is 1. The summed E-state index contributed by atoms with van der Waals surface area (Å²) in [6.45, 7) is 0.533. The Kier molecular flexibility index (Phi) is 3.99. The highest BCUT2D eigenvalue weighted by atomic mass is 35.5. The van der Waals surface area contributed by atoms with Crippen LogP contribution in [0.5, 0.6) is 0 Å². The van der Waals surface area contributed by atoms with Crippen LogP contribution >= 0.6 is 11.6 Å². The summed E-state index contributed by atoms with van der Waals surface area (Å²) in [7, 11) is 3.61. The molecule has 0 aliphatic rings. The van der Waals surface area contributed by atoms with Crippen molar-refractivity contribution in [3.05, 3.63) is 23.8 Å². The summed E-state index contributed by atoms with van der Waals surface area (Å²) in [5, 5.41) is 0. The molecule has 4 heteroatoms. The molecule has 1 rings (SSSR count). The van der Waals surface area contributed by atoms with Crippen LogP contribution in [-0.2, 0) is 18.4 Å². The first-order valence-corrected chi connectivity index (χ1v) is 4.55. The van der Waals surface area contributed by atoms with E-state index in [1.165, 1.54) is 0 Å². The molecule has 1 aromatic heterocycles. The molecule has 1 aromatic rings. The van der Waals surface area contributed by atoms with Gasteiger partial charge in [-0.3, -0.25) is 0 Å². The van der Waals surface area contributed by atoms with Crippen LogP contribution in [0.3, 0.4) is 0 Å². The maximum absolute atomic E-state index is 5.53. The van der Waals surface area contributed by atoms with Crippen molar-refractivity contribution in [1.29, 1.82) is 0 Å². The number of aromatic nitrogens is 2. The van der Waals surface area contributed by atoms with Crippen molar-refractivity contribution in [1.82, 2.24) is 9.55 Å². The molecule has 0 saturated heterocycles. The third kappa shape index (κ3) is 2.57. The fourth-order valence-corrected chi connectivity index (χ4v) is 1.14. The van der Waals surface area contributed by atoms with Gasteiger partial charge in [-0.1, -0.05) is 6.08 Å². The summed E-state index contributed by atoms with van der Waals surface area (Å²) in [4.78, 5) is 4.20. The summed E-state index contributed by atoms with van der Waals surface area (Å²) >= 11 is 5.53. The maximum atomic E-state index is 5.53. The average molecular weight is 201 g/mol. The van der Waals surface area contributed by atoms with E-state index in [1.54, 1.807) is 13.3 Å². The Labute approximate surface area is 83.0 Å². The summed E-state index contributed by atoms with van der Waals surface area (Å²) in [5.74, 6) is 1.43. The van der Waals surface area contributed by atoms with Crippen LogP contribution in [0, 0.1) is 0 Å². The van der Waals surface area contributed by atoms with Gasteiger partial charge in [-0.2, -0.15) is 0 Å². The topological polar surface area (TPSA) is 27.1 Å². The molecule has 0 amide bonds. The highest BCUT2D eigenvalue weighted by Crippen LogP contribution is 2.06. The van der Waals surface area contributed by atoms with Crippen molar-refractivity contribution >= 4 is 17.7 Å². The molecule has 3 nitrogen and oxygen atoms in total. The second-order valence-electron chi connectivity index (χ2n) is 2.65. The second kappa shape index (κ2) is 5.04. The molecule has 13 heavy (non-hydrogen) atoms. The van der Waals surface area contributed by atoms with E-state index in [1.807, 2.05) is 23.8 Å². The van der Waals surface area contributed by atoms with E-state index in [4.69, 9.17) is 16.3 Å². The van der Waals surface area contributed by atoms with Gasteiger partial charge in [-0.15, -0.1) is 11.6 Å². The molecule has 72 valence electrons. The van der Waals surface area contributed by atoms with E-state index >= 15 is 0 Å². The van der Waals surface area contributed by atoms with Gasteiger partial charge >= 0.3 is 0 Å². The lowest BCUT2D eigenvalue weighted by Crippen LogP contribution is -2.00. The van der Waals surface area contributed by atoms with Crippen LogP contribution in [0.4, 0.5) is 0 Å². The average Bonchev–Trinajstić information content (AvgIpc) is 2.46. The van der Waals surface area contributed by atoms with Crippen LogP contribution in [0.25, 0.3) is 6.08 Å². The quantitative estimate of drug-likeness (QED) is 0.694. The number of ether oxygens (including phenoxy) is 1. The number of allylic oxidation sites excluding steroid dienone is 1. The summed E-state index contributed by atoms with van der Waals surface area (Å²) in [5.41, 5.74) is 1.03. The molecule has 0 radical (unpaired) electrons. The molecule has 0 aliphatic heterocycles. The van der Waals surface area contributed by atoms with Crippen molar-refractivity contribution in [3.63, 3.8) is 0 Å². The molecule has 0 aromatic carbocycles. The Balaban J connectivity index is 2.79. The van der Waals surface area contributed by atoms with Crippen LogP contribution in [0.15, 0.2) is 12.3 Å². The molecule has 0 spiro atoms.